The molecule has 1 aliphatic heterocycles. The molecule has 0 saturated carbocycles. The van der Waals surface area contributed by atoms with E-state index >= 15 is 0 Å². The van der Waals surface area contributed by atoms with Crippen LogP contribution < -0.4 is 9.62 Å². The zero-order valence-electron chi connectivity index (χ0n) is 7.51. The molecule has 0 aliphatic carbocycles. The molecule has 2 amide bonds. The Morgan fingerprint density at radius 1 is 1.50 bits per heavy atom. The van der Waals surface area contributed by atoms with Gasteiger partial charge in [0.1, 0.15) is 0 Å². The van der Waals surface area contributed by atoms with Gasteiger partial charge in [0.25, 0.3) is 0 Å². The van der Waals surface area contributed by atoms with E-state index < -0.39 is 0 Å². The van der Waals surface area contributed by atoms with Crippen LogP contribution in [0.4, 0.5) is 16.2 Å². The third kappa shape index (κ3) is 1.48. The van der Waals surface area contributed by atoms with Crippen molar-refractivity contribution in [3.05, 3.63) is 36.9 Å². The molecule has 71 valence electrons. The van der Waals surface area contributed by atoms with Crippen LogP contribution in [0, 0.1) is 0 Å². The van der Waals surface area contributed by atoms with Crippen LogP contribution in [0.5, 0.6) is 0 Å². The SMILES string of the molecule is C=CCSN1C(=O)[N]c2ccccc21. The molecule has 0 bridgehead atoms. The number of amides is 2. The number of fused-ring (bicyclic) bond motifs is 1. The first kappa shape index (κ1) is 9.15. The normalized spacial score (nSPS) is 13.7. The number of urea groups is 1. The molecule has 1 radical (unpaired) electrons. The maximum absolute atomic E-state index is 11.4. The zero-order chi connectivity index (χ0) is 9.97. The van der Waals surface area contributed by atoms with Gasteiger partial charge in [-0.15, -0.1) is 6.58 Å². The van der Waals surface area contributed by atoms with E-state index in [9.17, 15) is 4.79 Å². The molecule has 1 aliphatic rings. The fourth-order valence-corrected chi connectivity index (χ4v) is 1.93. The van der Waals surface area contributed by atoms with Gasteiger partial charge >= 0.3 is 6.03 Å². The Bertz CT molecular complexity index is 378. The molecule has 0 atom stereocenters. The number of rotatable bonds is 3. The number of hydrogen-bond acceptors (Lipinski definition) is 2. The first-order valence-electron chi connectivity index (χ1n) is 4.21. The van der Waals surface area contributed by atoms with Crippen LogP contribution in [0.3, 0.4) is 0 Å². The molecule has 0 fully saturated rings. The molecular formula is C10H9N2OS. The summed E-state index contributed by atoms with van der Waals surface area (Å²) in [7, 11) is 0. The zero-order valence-corrected chi connectivity index (χ0v) is 8.33. The minimum Gasteiger partial charge on any atom is -0.245 e. The standard InChI is InChI=1S/C10H9N2OS/c1-2-7-14-12-9-6-4-3-5-8(9)11-10(12)13/h2-6H,1,7H2. The highest BCUT2D eigenvalue weighted by atomic mass is 32.2. The Morgan fingerprint density at radius 3 is 3.07 bits per heavy atom. The van der Waals surface area contributed by atoms with Crippen LogP contribution in [-0.2, 0) is 0 Å². The minimum absolute atomic E-state index is 0.210. The van der Waals surface area contributed by atoms with Gasteiger partial charge in [0.05, 0.1) is 11.4 Å². The average Bonchev–Trinajstić information content (AvgIpc) is 2.51. The van der Waals surface area contributed by atoms with E-state index in [-0.39, 0.29) is 6.03 Å². The van der Waals surface area contributed by atoms with Crippen LogP contribution >= 0.6 is 11.9 Å². The van der Waals surface area contributed by atoms with E-state index in [1.54, 1.807) is 10.4 Å². The lowest BCUT2D eigenvalue weighted by atomic mass is 10.3. The summed E-state index contributed by atoms with van der Waals surface area (Å²) in [6, 6.07) is 7.28. The van der Waals surface area contributed by atoms with Gasteiger partial charge in [-0.25, -0.2) is 9.10 Å². The Hall–Kier alpha value is -1.42. The molecular weight excluding hydrogens is 196 g/mol. The van der Waals surface area contributed by atoms with Gasteiger partial charge in [-0.2, -0.15) is 5.32 Å². The summed E-state index contributed by atoms with van der Waals surface area (Å²) in [5.41, 5.74) is 1.61. The quantitative estimate of drug-likeness (QED) is 0.561. The molecule has 1 heterocycles. The van der Waals surface area contributed by atoms with E-state index in [2.05, 4.69) is 11.9 Å². The summed E-state index contributed by atoms with van der Waals surface area (Å²) >= 11 is 1.41. The van der Waals surface area contributed by atoms with Crippen LogP contribution in [0.2, 0.25) is 0 Å². The van der Waals surface area contributed by atoms with Crippen LogP contribution in [0.1, 0.15) is 0 Å². The summed E-state index contributed by atoms with van der Waals surface area (Å²) in [5.74, 6) is 0.704. The lowest BCUT2D eigenvalue weighted by Crippen LogP contribution is -2.20. The second-order valence-corrected chi connectivity index (χ2v) is 3.72. The fourth-order valence-electron chi connectivity index (χ4n) is 1.23. The first-order chi connectivity index (χ1) is 6.83. The molecule has 3 nitrogen and oxygen atoms in total. The van der Waals surface area contributed by atoms with Crippen LogP contribution in [0.15, 0.2) is 36.9 Å². The van der Waals surface area contributed by atoms with Gasteiger partial charge in [0, 0.05) is 5.75 Å². The number of nitrogens with zero attached hydrogens (tertiary/aromatic N) is 2. The number of carbonyl (C=O) groups is 1. The average molecular weight is 205 g/mol. The van der Waals surface area contributed by atoms with Gasteiger partial charge in [0.15, 0.2) is 0 Å². The highest BCUT2D eigenvalue weighted by Gasteiger charge is 2.28. The number of anilines is 1. The summed E-state index contributed by atoms with van der Waals surface area (Å²) in [5, 5.41) is 3.92. The van der Waals surface area contributed by atoms with E-state index in [4.69, 9.17) is 0 Å². The number of carbonyl (C=O) groups excluding carboxylic acids is 1. The van der Waals surface area contributed by atoms with Crippen molar-refractivity contribution in [3.63, 3.8) is 0 Å². The second kappa shape index (κ2) is 3.75. The van der Waals surface area contributed by atoms with Crippen molar-refractivity contribution >= 4 is 29.4 Å². The predicted molar refractivity (Wildman–Crippen MR) is 58.8 cm³/mol. The van der Waals surface area contributed by atoms with Crippen molar-refractivity contribution < 1.29 is 4.79 Å². The van der Waals surface area contributed by atoms with Crippen LogP contribution in [0.25, 0.3) is 0 Å². The van der Waals surface area contributed by atoms with Crippen molar-refractivity contribution in [1.82, 2.24) is 5.32 Å². The number of para-hydroxylation sites is 2. The third-order valence-electron chi connectivity index (χ3n) is 1.81. The van der Waals surface area contributed by atoms with Crippen molar-refractivity contribution in [2.75, 3.05) is 10.1 Å². The van der Waals surface area contributed by atoms with Gasteiger partial charge in [-0.05, 0) is 24.1 Å². The topological polar surface area (TPSA) is 34.4 Å². The molecule has 0 aromatic heterocycles. The van der Waals surface area contributed by atoms with Gasteiger partial charge in [0.2, 0.25) is 0 Å². The van der Waals surface area contributed by atoms with Crippen molar-refractivity contribution in [1.29, 1.82) is 0 Å². The summed E-state index contributed by atoms with van der Waals surface area (Å²) in [6.07, 6.45) is 1.76. The molecule has 14 heavy (non-hydrogen) atoms. The Balaban J connectivity index is 2.25. The van der Waals surface area contributed by atoms with Crippen molar-refractivity contribution in [2.24, 2.45) is 0 Å². The largest absolute Gasteiger partial charge is 0.358 e. The van der Waals surface area contributed by atoms with E-state index in [0.29, 0.717) is 5.75 Å². The first-order valence-corrected chi connectivity index (χ1v) is 5.16. The highest BCUT2D eigenvalue weighted by Crippen LogP contribution is 2.36. The number of benzene rings is 1. The maximum atomic E-state index is 11.4. The van der Waals surface area contributed by atoms with Gasteiger partial charge in [-0.3, -0.25) is 0 Å². The Kier molecular flexibility index (Phi) is 2.45. The van der Waals surface area contributed by atoms with Crippen LogP contribution in [-0.4, -0.2) is 11.8 Å². The molecule has 1 aromatic carbocycles. The summed E-state index contributed by atoms with van der Waals surface area (Å²) in [6.45, 7) is 3.61. The monoisotopic (exact) mass is 205 g/mol. The lowest BCUT2D eigenvalue weighted by Gasteiger charge is -2.11. The van der Waals surface area contributed by atoms with Gasteiger partial charge in [-0.1, -0.05) is 18.2 Å². The van der Waals surface area contributed by atoms with E-state index in [1.807, 2.05) is 24.3 Å². The van der Waals surface area contributed by atoms with Crippen molar-refractivity contribution in [2.45, 2.75) is 0 Å². The molecule has 0 unspecified atom stereocenters. The van der Waals surface area contributed by atoms with E-state index in [1.165, 1.54) is 11.9 Å². The van der Waals surface area contributed by atoms with Gasteiger partial charge < -0.3 is 0 Å². The smallest absolute Gasteiger partial charge is 0.245 e. The van der Waals surface area contributed by atoms with E-state index in [0.717, 1.165) is 11.4 Å². The highest BCUT2D eigenvalue weighted by molar-refractivity contribution is 8.01. The fraction of sp³-hybridized carbons (Fsp3) is 0.100. The maximum Gasteiger partial charge on any atom is 0.358 e. The summed E-state index contributed by atoms with van der Waals surface area (Å²) in [4.78, 5) is 11.4. The molecule has 0 N–H and O–H groups in total. The second-order valence-electron chi connectivity index (χ2n) is 2.76. The lowest BCUT2D eigenvalue weighted by molar-refractivity contribution is 0.254. The number of hydrogen-bond donors (Lipinski definition) is 0. The molecule has 2 rings (SSSR count). The minimum atomic E-state index is -0.210. The Labute approximate surface area is 86.9 Å². The summed E-state index contributed by atoms with van der Waals surface area (Å²) < 4.78 is 1.59. The van der Waals surface area contributed by atoms with Crippen molar-refractivity contribution in [3.8, 4) is 0 Å². The molecule has 0 spiro atoms. The molecule has 0 saturated heterocycles. The third-order valence-corrected chi connectivity index (χ3v) is 2.81. The predicted octanol–water partition coefficient (Wildman–Crippen LogP) is 2.70. The molecule has 1 aromatic rings. The molecule has 4 heteroatoms. The Morgan fingerprint density at radius 2 is 2.29 bits per heavy atom.